The van der Waals surface area contributed by atoms with Crippen LogP contribution in [0.3, 0.4) is 0 Å². The number of rotatable bonds is 4. The van der Waals surface area contributed by atoms with Crippen LogP contribution in [-0.4, -0.2) is 8.07 Å². The van der Waals surface area contributed by atoms with Gasteiger partial charge in [0, 0.05) is 14.9 Å². The molecule has 0 spiro atoms. The summed E-state index contributed by atoms with van der Waals surface area (Å²) in [5.74, 6) is 3.39. The van der Waals surface area contributed by atoms with E-state index in [0.29, 0.717) is 22.3 Å². The maximum Gasteiger partial charge on any atom is 0.146 e. The molecule has 0 saturated heterocycles. The Bertz CT molecular complexity index is 613. The van der Waals surface area contributed by atoms with Crippen LogP contribution >= 0.6 is 15.9 Å². The normalized spacial score (nSPS) is 11.4. The van der Waals surface area contributed by atoms with Crippen molar-refractivity contribution in [1.29, 1.82) is 0 Å². The Labute approximate surface area is 143 Å². The second-order valence-corrected chi connectivity index (χ2v) is 12.9. The SMILES string of the molecule is CC(C)[Si](C#Cc1ccc(N=[N+]=[N-])c(Br)c1)(C(C)C)C(C)C. The van der Waals surface area contributed by atoms with Gasteiger partial charge in [-0.1, -0.05) is 74.6 Å². The first-order valence-corrected chi connectivity index (χ1v) is 10.7. The second kappa shape index (κ2) is 7.87. The highest BCUT2D eigenvalue weighted by atomic mass is 79.9. The fourth-order valence-corrected chi connectivity index (χ4v) is 9.01. The van der Waals surface area contributed by atoms with E-state index in [0.717, 1.165) is 10.0 Å². The Morgan fingerprint density at radius 3 is 2.05 bits per heavy atom. The van der Waals surface area contributed by atoms with Crippen LogP contribution in [0.4, 0.5) is 5.69 Å². The van der Waals surface area contributed by atoms with Crippen LogP contribution < -0.4 is 0 Å². The van der Waals surface area contributed by atoms with Gasteiger partial charge in [-0.15, -0.1) is 5.54 Å². The van der Waals surface area contributed by atoms with Gasteiger partial charge in [-0.2, -0.15) is 0 Å². The molecule has 1 aromatic carbocycles. The first kappa shape index (κ1) is 18.8. The third-order valence-corrected chi connectivity index (χ3v) is 11.3. The van der Waals surface area contributed by atoms with Crippen molar-refractivity contribution >= 4 is 29.7 Å². The van der Waals surface area contributed by atoms with E-state index in [4.69, 9.17) is 5.53 Å². The van der Waals surface area contributed by atoms with Crippen molar-refractivity contribution in [2.45, 2.75) is 58.2 Å². The number of hydrogen-bond donors (Lipinski definition) is 0. The molecule has 1 rings (SSSR count). The molecule has 0 radical (unpaired) electrons. The van der Waals surface area contributed by atoms with E-state index in [1.807, 2.05) is 12.1 Å². The highest BCUT2D eigenvalue weighted by molar-refractivity contribution is 9.10. The number of halogens is 1. The van der Waals surface area contributed by atoms with Crippen molar-refractivity contribution in [3.8, 4) is 11.5 Å². The van der Waals surface area contributed by atoms with Crippen molar-refractivity contribution in [3.63, 3.8) is 0 Å². The second-order valence-electron chi connectivity index (χ2n) is 6.50. The molecule has 118 valence electrons. The quantitative estimate of drug-likeness (QED) is 0.179. The summed E-state index contributed by atoms with van der Waals surface area (Å²) in [6.07, 6.45) is 0. The average molecular weight is 378 g/mol. The van der Waals surface area contributed by atoms with Crippen LogP contribution in [0.2, 0.25) is 16.6 Å². The number of azide groups is 1. The molecule has 0 N–H and O–H groups in total. The third kappa shape index (κ3) is 3.95. The van der Waals surface area contributed by atoms with Gasteiger partial charge < -0.3 is 0 Å². The van der Waals surface area contributed by atoms with Crippen LogP contribution in [-0.2, 0) is 0 Å². The van der Waals surface area contributed by atoms with E-state index >= 15 is 0 Å². The molecule has 0 aliphatic rings. The molecule has 0 bridgehead atoms. The Balaban J connectivity index is 3.30. The highest BCUT2D eigenvalue weighted by Crippen LogP contribution is 2.40. The summed E-state index contributed by atoms with van der Waals surface area (Å²) in [5, 5.41) is 3.64. The average Bonchev–Trinajstić information content (AvgIpc) is 2.41. The molecule has 1 aromatic rings. The molecular formula is C17H24BrN3Si. The van der Waals surface area contributed by atoms with Gasteiger partial charge in [0.2, 0.25) is 0 Å². The van der Waals surface area contributed by atoms with Gasteiger partial charge in [0.05, 0.1) is 5.69 Å². The van der Waals surface area contributed by atoms with Crippen molar-refractivity contribution in [3.05, 3.63) is 38.7 Å². The first-order valence-electron chi connectivity index (χ1n) is 7.63. The number of benzene rings is 1. The Kier molecular flexibility index (Phi) is 6.74. The minimum atomic E-state index is -1.71. The standard InChI is InChI=1S/C17H24BrN3Si/c1-12(2)22(13(3)4,14(5)6)10-9-15-7-8-17(20-21-19)16(18)11-15/h7-8,11-14H,1-6H3. The largest absolute Gasteiger partial charge is 0.146 e. The lowest BCUT2D eigenvalue weighted by molar-refractivity contribution is 0.838. The van der Waals surface area contributed by atoms with Crippen LogP contribution in [0.1, 0.15) is 47.1 Å². The van der Waals surface area contributed by atoms with Crippen LogP contribution in [0.15, 0.2) is 27.8 Å². The Hall–Kier alpha value is -1.21. The Morgan fingerprint density at radius 2 is 1.64 bits per heavy atom. The lowest BCUT2D eigenvalue weighted by atomic mass is 10.2. The van der Waals surface area contributed by atoms with E-state index in [-0.39, 0.29) is 0 Å². The van der Waals surface area contributed by atoms with Gasteiger partial charge in [0.1, 0.15) is 8.07 Å². The molecule has 0 aliphatic carbocycles. The van der Waals surface area contributed by atoms with E-state index < -0.39 is 8.07 Å². The van der Waals surface area contributed by atoms with Gasteiger partial charge >= 0.3 is 0 Å². The fraction of sp³-hybridized carbons (Fsp3) is 0.529. The third-order valence-electron chi connectivity index (χ3n) is 4.39. The predicted molar refractivity (Wildman–Crippen MR) is 101 cm³/mol. The van der Waals surface area contributed by atoms with Crippen molar-refractivity contribution in [2.75, 3.05) is 0 Å². The molecule has 0 saturated carbocycles. The zero-order chi connectivity index (χ0) is 16.9. The molecule has 0 unspecified atom stereocenters. The molecule has 22 heavy (non-hydrogen) atoms. The number of nitrogens with zero attached hydrogens (tertiary/aromatic N) is 3. The van der Waals surface area contributed by atoms with E-state index in [9.17, 15) is 0 Å². The highest BCUT2D eigenvalue weighted by Gasteiger charge is 2.41. The topological polar surface area (TPSA) is 48.8 Å². The maximum absolute atomic E-state index is 8.52. The predicted octanol–water partition coefficient (Wildman–Crippen LogP) is 6.96. The van der Waals surface area contributed by atoms with Crippen LogP contribution in [0, 0.1) is 11.5 Å². The van der Waals surface area contributed by atoms with Gasteiger partial charge in [0.25, 0.3) is 0 Å². The summed E-state index contributed by atoms with van der Waals surface area (Å²) in [6.45, 7) is 13.8. The summed E-state index contributed by atoms with van der Waals surface area (Å²) in [5.41, 5.74) is 15.6. The van der Waals surface area contributed by atoms with Crippen molar-refractivity contribution in [1.82, 2.24) is 0 Å². The summed E-state index contributed by atoms with van der Waals surface area (Å²) >= 11 is 3.43. The van der Waals surface area contributed by atoms with Gasteiger partial charge in [0.15, 0.2) is 0 Å². The molecule has 0 amide bonds. The molecule has 0 heterocycles. The smallest absolute Gasteiger partial charge is 0.125 e. The minimum Gasteiger partial charge on any atom is -0.125 e. The van der Waals surface area contributed by atoms with Gasteiger partial charge in [-0.25, -0.2) is 0 Å². The molecule has 0 atom stereocenters. The van der Waals surface area contributed by atoms with E-state index in [1.54, 1.807) is 6.07 Å². The summed E-state index contributed by atoms with van der Waals surface area (Å²) in [7, 11) is -1.71. The zero-order valence-electron chi connectivity index (χ0n) is 14.2. The summed E-state index contributed by atoms with van der Waals surface area (Å²) in [6, 6.07) is 5.65. The van der Waals surface area contributed by atoms with Crippen molar-refractivity contribution < 1.29 is 0 Å². The lowest BCUT2D eigenvalue weighted by Crippen LogP contribution is -2.43. The number of hydrogen-bond acceptors (Lipinski definition) is 1. The van der Waals surface area contributed by atoms with Crippen molar-refractivity contribution in [2.24, 2.45) is 5.11 Å². The molecule has 0 fully saturated rings. The van der Waals surface area contributed by atoms with Gasteiger partial charge in [-0.3, -0.25) is 0 Å². The zero-order valence-corrected chi connectivity index (χ0v) is 16.8. The van der Waals surface area contributed by atoms with Crippen LogP contribution in [0.5, 0.6) is 0 Å². The van der Waals surface area contributed by atoms with Crippen LogP contribution in [0.25, 0.3) is 10.4 Å². The fourth-order valence-electron chi connectivity index (χ4n) is 3.33. The molecule has 3 nitrogen and oxygen atoms in total. The first-order chi connectivity index (χ1) is 10.3. The summed E-state index contributed by atoms with van der Waals surface area (Å²) in [4.78, 5) is 2.82. The van der Waals surface area contributed by atoms with Gasteiger partial charge in [-0.05, 0) is 34.3 Å². The van der Waals surface area contributed by atoms with E-state index in [2.05, 4.69) is 79.0 Å². The lowest BCUT2D eigenvalue weighted by Gasteiger charge is -2.38. The summed E-state index contributed by atoms with van der Waals surface area (Å²) < 4.78 is 0.781. The molecule has 0 aliphatic heterocycles. The molecular weight excluding hydrogens is 354 g/mol. The minimum absolute atomic E-state index is 0.591. The Morgan fingerprint density at radius 1 is 1.09 bits per heavy atom. The van der Waals surface area contributed by atoms with E-state index in [1.165, 1.54) is 0 Å². The maximum atomic E-state index is 8.52. The molecule has 0 aromatic heterocycles. The monoisotopic (exact) mass is 377 g/mol. The molecule has 5 heteroatoms.